The predicted molar refractivity (Wildman–Crippen MR) is 170 cm³/mol. The van der Waals surface area contributed by atoms with Gasteiger partial charge < -0.3 is 19.5 Å². The van der Waals surface area contributed by atoms with E-state index in [0.29, 0.717) is 5.11 Å². The fourth-order valence-corrected chi connectivity index (χ4v) is 6.08. The Balaban J connectivity index is 1.39. The molecule has 1 N–H and O–H groups in total. The van der Waals surface area contributed by atoms with E-state index in [9.17, 15) is 0 Å². The molecule has 3 heterocycles. The highest BCUT2D eigenvalue weighted by Gasteiger charge is 2.42. The van der Waals surface area contributed by atoms with Crippen LogP contribution in [0.5, 0.6) is 11.5 Å². The molecule has 0 unspecified atom stereocenters. The first-order chi connectivity index (χ1) is 19.9. The normalized spacial score (nSPS) is 16.6. The van der Waals surface area contributed by atoms with Crippen molar-refractivity contribution in [1.82, 2.24) is 14.9 Å². The lowest BCUT2D eigenvalue weighted by Gasteiger charge is -2.28. The molecule has 5 nitrogen and oxygen atoms in total. The van der Waals surface area contributed by atoms with Gasteiger partial charge in [-0.25, -0.2) is 0 Å². The second kappa shape index (κ2) is 11.2. The van der Waals surface area contributed by atoms with Crippen molar-refractivity contribution in [3.8, 4) is 17.2 Å². The van der Waals surface area contributed by atoms with Crippen molar-refractivity contribution < 1.29 is 4.74 Å². The number of hydrogen-bond acceptors (Lipinski definition) is 3. The second-order valence-corrected chi connectivity index (χ2v) is 11.0. The zero-order valence-corrected chi connectivity index (χ0v) is 24.7. The number of aryl methyl sites for hydroxylation is 3. The first-order valence-corrected chi connectivity index (χ1v) is 14.5. The Kier molecular flexibility index (Phi) is 7.33. The fraction of sp³-hybridized carbons (Fsp3) is 0.200. The van der Waals surface area contributed by atoms with Gasteiger partial charge in [-0.1, -0.05) is 42.8 Å². The van der Waals surface area contributed by atoms with Crippen LogP contribution in [0.25, 0.3) is 5.69 Å². The van der Waals surface area contributed by atoms with E-state index in [-0.39, 0.29) is 12.1 Å². The van der Waals surface area contributed by atoms with Gasteiger partial charge in [0.2, 0.25) is 0 Å². The molecule has 1 fully saturated rings. The Labute approximate surface area is 247 Å². The summed E-state index contributed by atoms with van der Waals surface area (Å²) in [5.74, 6) is 1.59. The van der Waals surface area contributed by atoms with Gasteiger partial charge in [0.05, 0.1) is 17.8 Å². The molecule has 0 radical (unpaired) electrons. The summed E-state index contributed by atoms with van der Waals surface area (Å²) in [4.78, 5) is 6.95. The van der Waals surface area contributed by atoms with Gasteiger partial charge in [-0.2, -0.15) is 0 Å². The molecule has 0 bridgehead atoms. The molecule has 6 heteroatoms. The number of rotatable bonds is 7. The van der Waals surface area contributed by atoms with Crippen molar-refractivity contribution in [3.63, 3.8) is 0 Å². The van der Waals surface area contributed by atoms with E-state index < -0.39 is 0 Å². The number of anilines is 1. The number of ether oxygens (including phenoxy) is 1. The zero-order chi connectivity index (χ0) is 28.5. The van der Waals surface area contributed by atoms with Crippen LogP contribution >= 0.6 is 12.2 Å². The lowest BCUT2D eigenvalue weighted by molar-refractivity contribution is 0.482. The summed E-state index contributed by atoms with van der Waals surface area (Å²) in [6.45, 7) is 8.62. The Bertz CT molecular complexity index is 1660. The maximum absolute atomic E-state index is 6.10. The number of benzene rings is 3. The average Bonchev–Trinajstić information content (AvgIpc) is 3.49. The summed E-state index contributed by atoms with van der Waals surface area (Å²) in [6, 6.07) is 33.2. The van der Waals surface area contributed by atoms with Crippen LogP contribution < -0.4 is 15.0 Å². The smallest absolute Gasteiger partial charge is 0.174 e. The number of nitrogens with zero attached hydrogens (tertiary/aromatic N) is 3. The highest BCUT2D eigenvalue weighted by atomic mass is 32.1. The van der Waals surface area contributed by atoms with Gasteiger partial charge >= 0.3 is 0 Å². The lowest BCUT2D eigenvalue weighted by atomic mass is 9.96. The second-order valence-electron chi connectivity index (χ2n) is 10.6. The van der Waals surface area contributed by atoms with E-state index in [1.54, 1.807) is 0 Å². The van der Waals surface area contributed by atoms with E-state index in [2.05, 4.69) is 103 Å². The van der Waals surface area contributed by atoms with Crippen LogP contribution in [0.3, 0.4) is 0 Å². The fourth-order valence-electron chi connectivity index (χ4n) is 5.73. The molecule has 2 aromatic heterocycles. The van der Waals surface area contributed by atoms with Crippen molar-refractivity contribution in [2.45, 2.75) is 46.2 Å². The number of thiocarbonyl (C=S) groups is 1. The largest absolute Gasteiger partial charge is 0.457 e. The number of pyridine rings is 1. The van der Waals surface area contributed by atoms with Gasteiger partial charge in [0.1, 0.15) is 11.5 Å². The average molecular weight is 559 g/mol. The molecule has 1 aliphatic heterocycles. The highest BCUT2D eigenvalue weighted by Crippen LogP contribution is 2.44. The van der Waals surface area contributed by atoms with Crippen LogP contribution in [-0.4, -0.2) is 14.7 Å². The minimum atomic E-state index is -0.108. The third-order valence-electron chi connectivity index (χ3n) is 7.86. The van der Waals surface area contributed by atoms with E-state index in [4.69, 9.17) is 21.9 Å². The van der Waals surface area contributed by atoms with Crippen LogP contribution in [0.15, 0.2) is 103 Å². The first-order valence-electron chi connectivity index (χ1n) is 14.1. The van der Waals surface area contributed by atoms with Crippen molar-refractivity contribution in [3.05, 3.63) is 137 Å². The summed E-state index contributed by atoms with van der Waals surface area (Å²) < 4.78 is 8.44. The van der Waals surface area contributed by atoms with Gasteiger partial charge in [0, 0.05) is 29.0 Å². The van der Waals surface area contributed by atoms with Crippen LogP contribution in [0, 0.1) is 20.8 Å². The third-order valence-corrected chi connectivity index (χ3v) is 8.18. The number of nitrogens with one attached hydrogen (secondary N) is 1. The molecule has 0 aliphatic carbocycles. The van der Waals surface area contributed by atoms with E-state index >= 15 is 0 Å². The van der Waals surface area contributed by atoms with Crippen LogP contribution in [0.4, 0.5) is 5.69 Å². The molecule has 0 saturated carbocycles. The molecule has 41 heavy (non-hydrogen) atoms. The van der Waals surface area contributed by atoms with Crippen LogP contribution in [-0.2, 0) is 6.42 Å². The van der Waals surface area contributed by atoms with Gasteiger partial charge in [0.15, 0.2) is 5.11 Å². The van der Waals surface area contributed by atoms with E-state index in [1.807, 2.05) is 42.6 Å². The van der Waals surface area contributed by atoms with Gasteiger partial charge in [-0.15, -0.1) is 0 Å². The standard InChI is InChI=1S/C35H34N4OS/c1-5-26-11-13-27(14-12-26)38-24(3)22-31(25(38)4)34-33(32-8-6-7-21-36-32)37-35(41)39(34)28-15-19-30(20-16-28)40-29-17-9-23(2)10-18-29/h6-22,33-34H,5H2,1-4H3,(H,37,41)/t33-,34+/m1/s1. The van der Waals surface area contributed by atoms with E-state index in [0.717, 1.165) is 35.0 Å². The molecular formula is C35H34N4OS. The lowest BCUT2D eigenvalue weighted by Crippen LogP contribution is -2.29. The number of hydrogen-bond donors (Lipinski definition) is 1. The molecule has 0 amide bonds. The van der Waals surface area contributed by atoms with Crippen molar-refractivity contribution in [2.24, 2.45) is 0 Å². The predicted octanol–water partition coefficient (Wildman–Crippen LogP) is 8.33. The van der Waals surface area contributed by atoms with Crippen LogP contribution in [0.1, 0.15) is 52.8 Å². The van der Waals surface area contributed by atoms with Crippen molar-refractivity contribution >= 4 is 23.0 Å². The zero-order valence-electron chi connectivity index (χ0n) is 23.8. The molecule has 0 spiro atoms. The number of aromatic nitrogens is 2. The summed E-state index contributed by atoms with van der Waals surface area (Å²) in [6.07, 6.45) is 2.87. The summed E-state index contributed by atoms with van der Waals surface area (Å²) >= 11 is 5.98. The minimum Gasteiger partial charge on any atom is -0.457 e. The Hall–Kier alpha value is -4.42. The molecule has 206 valence electrons. The SMILES string of the molecule is CCc1ccc(-n2c(C)cc([C@H]3[C@@H](c4ccccn4)NC(=S)N3c3ccc(Oc4ccc(C)cc4)cc3)c2C)cc1. The molecule has 2 atom stereocenters. The molecular weight excluding hydrogens is 524 g/mol. The quantitative estimate of drug-likeness (QED) is 0.203. The summed E-state index contributed by atoms with van der Waals surface area (Å²) in [7, 11) is 0. The topological polar surface area (TPSA) is 42.3 Å². The first kappa shape index (κ1) is 26.8. The van der Waals surface area contributed by atoms with Gasteiger partial charge in [0.25, 0.3) is 0 Å². The molecule has 1 aliphatic rings. The molecule has 1 saturated heterocycles. The highest BCUT2D eigenvalue weighted by molar-refractivity contribution is 7.80. The van der Waals surface area contributed by atoms with Crippen LogP contribution in [0.2, 0.25) is 0 Å². The molecule has 5 aromatic rings. The monoisotopic (exact) mass is 558 g/mol. The maximum atomic E-state index is 6.10. The minimum absolute atomic E-state index is 0.0869. The van der Waals surface area contributed by atoms with Crippen molar-refractivity contribution in [2.75, 3.05) is 4.90 Å². The summed E-state index contributed by atoms with van der Waals surface area (Å²) in [5.41, 5.74) is 9.24. The third kappa shape index (κ3) is 5.23. The van der Waals surface area contributed by atoms with Crippen molar-refractivity contribution in [1.29, 1.82) is 0 Å². The Morgan fingerprint density at radius 2 is 1.49 bits per heavy atom. The van der Waals surface area contributed by atoms with E-state index in [1.165, 1.54) is 28.1 Å². The molecule has 3 aromatic carbocycles. The summed E-state index contributed by atoms with van der Waals surface area (Å²) in [5, 5.41) is 4.27. The van der Waals surface area contributed by atoms with Gasteiger partial charge in [-0.3, -0.25) is 4.98 Å². The Morgan fingerprint density at radius 3 is 2.12 bits per heavy atom. The Morgan fingerprint density at radius 1 is 0.829 bits per heavy atom. The molecule has 6 rings (SSSR count). The van der Waals surface area contributed by atoms with Gasteiger partial charge in [-0.05, 0) is 117 Å². The maximum Gasteiger partial charge on any atom is 0.174 e.